The van der Waals surface area contributed by atoms with Gasteiger partial charge in [-0.15, -0.1) is 21.5 Å². The summed E-state index contributed by atoms with van der Waals surface area (Å²) < 4.78 is 7.40. The molecule has 4 rings (SSSR count). The first-order chi connectivity index (χ1) is 14.8. The van der Waals surface area contributed by atoms with Crippen LogP contribution in [0.5, 0.6) is 0 Å². The molecular weight excluding hydrogens is 438 g/mol. The van der Waals surface area contributed by atoms with Crippen LogP contribution in [0.4, 0.5) is 5.69 Å². The van der Waals surface area contributed by atoms with E-state index >= 15 is 0 Å². The molecule has 3 heterocycles. The molecule has 160 valence electrons. The maximum Gasteiger partial charge on any atom is 0.269 e. The van der Waals surface area contributed by atoms with Crippen molar-refractivity contribution in [2.24, 2.45) is 0 Å². The highest BCUT2D eigenvalue weighted by atomic mass is 32.2. The molecule has 0 saturated carbocycles. The van der Waals surface area contributed by atoms with Gasteiger partial charge in [0.05, 0.1) is 16.1 Å². The largest absolute Gasteiger partial charge is 0.420 e. The fourth-order valence-electron chi connectivity index (χ4n) is 3.13. The van der Waals surface area contributed by atoms with Gasteiger partial charge in [0.2, 0.25) is 11.8 Å². The SMILES string of the molecule is Cc1sc2nc(SCc3nnc(-c4ccc([N+](=O)[O-])cc4)o3)n(C(C)C)c(=O)c2c1C. The Morgan fingerprint density at radius 3 is 2.58 bits per heavy atom. The zero-order valence-corrected chi connectivity index (χ0v) is 18.9. The average Bonchev–Trinajstić information content (AvgIpc) is 3.31. The van der Waals surface area contributed by atoms with Crippen molar-refractivity contribution in [1.82, 2.24) is 19.7 Å². The maximum atomic E-state index is 13.1. The Morgan fingerprint density at radius 1 is 1.23 bits per heavy atom. The summed E-state index contributed by atoms with van der Waals surface area (Å²) in [6, 6.07) is 5.86. The molecule has 0 fully saturated rings. The minimum absolute atomic E-state index is 0.00813. The topological polar surface area (TPSA) is 117 Å². The monoisotopic (exact) mass is 457 g/mol. The molecule has 1 aromatic carbocycles. The molecule has 0 radical (unpaired) electrons. The number of aryl methyl sites for hydroxylation is 2. The second-order valence-electron chi connectivity index (χ2n) is 7.22. The lowest BCUT2D eigenvalue weighted by atomic mass is 10.2. The highest BCUT2D eigenvalue weighted by Gasteiger charge is 2.19. The molecule has 0 aliphatic rings. The molecule has 0 N–H and O–H groups in total. The van der Waals surface area contributed by atoms with Crippen molar-refractivity contribution < 1.29 is 9.34 Å². The summed E-state index contributed by atoms with van der Waals surface area (Å²) >= 11 is 2.88. The number of nitro benzene ring substituents is 1. The molecule has 3 aromatic heterocycles. The Bertz CT molecular complexity index is 1340. The Balaban J connectivity index is 1.60. The molecule has 0 saturated heterocycles. The van der Waals surface area contributed by atoms with Crippen LogP contribution in [0.3, 0.4) is 0 Å². The van der Waals surface area contributed by atoms with Gasteiger partial charge in [-0.3, -0.25) is 19.5 Å². The van der Waals surface area contributed by atoms with E-state index in [9.17, 15) is 14.9 Å². The van der Waals surface area contributed by atoms with Gasteiger partial charge < -0.3 is 4.42 Å². The van der Waals surface area contributed by atoms with Crippen molar-refractivity contribution in [3.8, 4) is 11.5 Å². The molecule has 0 aliphatic heterocycles. The number of thiophene rings is 1. The second-order valence-corrected chi connectivity index (χ2v) is 9.37. The predicted octanol–water partition coefficient (Wildman–Crippen LogP) is 4.91. The van der Waals surface area contributed by atoms with Crippen LogP contribution >= 0.6 is 23.1 Å². The van der Waals surface area contributed by atoms with E-state index in [0.717, 1.165) is 15.3 Å². The number of non-ortho nitro benzene ring substituents is 1. The molecular formula is C20H19N5O4S2. The Hall–Kier alpha value is -3.05. The number of thioether (sulfide) groups is 1. The summed E-state index contributed by atoms with van der Waals surface area (Å²) in [5.74, 6) is 0.995. The lowest BCUT2D eigenvalue weighted by Crippen LogP contribution is -2.24. The van der Waals surface area contributed by atoms with E-state index in [4.69, 9.17) is 9.40 Å². The summed E-state index contributed by atoms with van der Waals surface area (Å²) in [4.78, 5) is 30.0. The zero-order chi connectivity index (χ0) is 22.3. The summed E-state index contributed by atoms with van der Waals surface area (Å²) in [7, 11) is 0. The summed E-state index contributed by atoms with van der Waals surface area (Å²) in [6.07, 6.45) is 0. The van der Waals surface area contributed by atoms with Crippen LogP contribution in [-0.2, 0) is 5.75 Å². The number of fused-ring (bicyclic) bond motifs is 1. The fourth-order valence-corrected chi connectivity index (χ4v) is 5.16. The van der Waals surface area contributed by atoms with E-state index in [0.29, 0.717) is 27.7 Å². The quantitative estimate of drug-likeness (QED) is 0.174. The summed E-state index contributed by atoms with van der Waals surface area (Å²) in [5.41, 5.74) is 1.53. The number of aromatic nitrogens is 4. The third kappa shape index (κ3) is 3.98. The van der Waals surface area contributed by atoms with Crippen molar-refractivity contribution in [3.05, 3.63) is 61.1 Å². The van der Waals surface area contributed by atoms with Crippen molar-refractivity contribution in [1.29, 1.82) is 0 Å². The van der Waals surface area contributed by atoms with E-state index in [1.807, 2.05) is 27.7 Å². The first kappa shape index (κ1) is 21.2. The van der Waals surface area contributed by atoms with Crippen LogP contribution in [0.1, 0.15) is 36.2 Å². The molecule has 0 spiro atoms. The molecule has 4 aromatic rings. The predicted molar refractivity (Wildman–Crippen MR) is 120 cm³/mol. The van der Waals surface area contributed by atoms with Gasteiger partial charge in [-0.2, -0.15) is 0 Å². The lowest BCUT2D eigenvalue weighted by Gasteiger charge is -2.14. The minimum atomic E-state index is -0.464. The first-order valence-corrected chi connectivity index (χ1v) is 11.3. The van der Waals surface area contributed by atoms with Gasteiger partial charge in [-0.1, -0.05) is 11.8 Å². The smallest absolute Gasteiger partial charge is 0.269 e. The van der Waals surface area contributed by atoms with Gasteiger partial charge in [0.1, 0.15) is 4.83 Å². The molecule has 0 unspecified atom stereocenters. The number of rotatable bonds is 6. The van der Waals surface area contributed by atoms with E-state index in [2.05, 4.69) is 10.2 Å². The second kappa shape index (κ2) is 8.23. The third-order valence-corrected chi connectivity index (χ3v) is 6.87. The van der Waals surface area contributed by atoms with Crippen LogP contribution in [0, 0.1) is 24.0 Å². The number of benzene rings is 1. The standard InChI is InChI=1S/C20H19N5O4S2/c1-10(2)24-19(26)16-11(3)12(4)31-18(16)21-20(24)30-9-15-22-23-17(29-15)13-5-7-14(8-6-13)25(27)28/h5-8,10H,9H2,1-4H3. The van der Waals surface area contributed by atoms with Crippen molar-refractivity contribution in [3.63, 3.8) is 0 Å². The van der Waals surface area contributed by atoms with Gasteiger partial charge in [0.15, 0.2) is 5.16 Å². The number of nitro groups is 1. The molecule has 0 amide bonds. The van der Waals surface area contributed by atoms with Crippen LogP contribution in [0.15, 0.2) is 38.6 Å². The van der Waals surface area contributed by atoms with E-state index in [1.165, 1.54) is 35.2 Å². The van der Waals surface area contributed by atoms with Crippen molar-refractivity contribution in [2.45, 2.75) is 44.6 Å². The van der Waals surface area contributed by atoms with Gasteiger partial charge in [-0.25, -0.2) is 4.98 Å². The first-order valence-electron chi connectivity index (χ1n) is 9.48. The lowest BCUT2D eigenvalue weighted by molar-refractivity contribution is -0.384. The molecule has 11 heteroatoms. The Morgan fingerprint density at radius 2 is 1.94 bits per heavy atom. The number of hydrogen-bond acceptors (Lipinski definition) is 9. The Labute approximate surface area is 185 Å². The van der Waals surface area contributed by atoms with Crippen molar-refractivity contribution >= 4 is 39.0 Å². The van der Waals surface area contributed by atoms with E-state index < -0.39 is 4.92 Å². The van der Waals surface area contributed by atoms with Crippen molar-refractivity contribution in [2.75, 3.05) is 0 Å². The van der Waals surface area contributed by atoms with Crippen LogP contribution < -0.4 is 5.56 Å². The molecule has 31 heavy (non-hydrogen) atoms. The normalized spacial score (nSPS) is 11.5. The minimum Gasteiger partial charge on any atom is -0.420 e. The van der Waals surface area contributed by atoms with E-state index in [-0.39, 0.29) is 23.2 Å². The summed E-state index contributed by atoms with van der Waals surface area (Å²) in [5, 5.41) is 20.2. The van der Waals surface area contributed by atoms with Crippen LogP contribution in [-0.4, -0.2) is 24.7 Å². The van der Waals surface area contributed by atoms with Crippen LogP contribution in [0.2, 0.25) is 0 Å². The zero-order valence-electron chi connectivity index (χ0n) is 17.3. The maximum absolute atomic E-state index is 13.1. The highest BCUT2D eigenvalue weighted by Crippen LogP contribution is 2.31. The van der Waals surface area contributed by atoms with Gasteiger partial charge >= 0.3 is 0 Å². The van der Waals surface area contributed by atoms with Gasteiger partial charge in [0, 0.05) is 28.6 Å². The third-order valence-electron chi connectivity index (χ3n) is 4.84. The number of nitrogens with zero attached hydrogens (tertiary/aromatic N) is 5. The van der Waals surface area contributed by atoms with Gasteiger partial charge in [0.25, 0.3) is 11.2 Å². The fraction of sp³-hybridized carbons (Fsp3) is 0.300. The molecule has 9 nitrogen and oxygen atoms in total. The van der Waals surface area contributed by atoms with E-state index in [1.54, 1.807) is 16.7 Å². The molecule has 0 bridgehead atoms. The highest BCUT2D eigenvalue weighted by molar-refractivity contribution is 7.98. The van der Waals surface area contributed by atoms with Crippen LogP contribution in [0.25, 0.3) is 21.7 Å². The molecule has 0 aliphatic carbocycles. The Kier molecular flexibility index (Phi) is 5.63. The summed E-state index contributed by atoms with van der Waals surface area (Å²) in [6.45, 7) is 7.85. The number of hydrogen-bond donors (Lipinski definition) is 0. The van der Waals surface area contributed by atoms with Gasteiger partial charge in [-0.05, 0) is 45.4 Å². The molecule has 0 atom stereocenters. The average molecular weight is 458 g/mol.